The standard InChI is InChI=1S/C15H17N5O/c1-2-8-21-13-5-3-4-12-14(13)19-15(16)20(12)9-11-6-7-17-10-18-11/h3-7,10H,2,8-9H2,1H3,(H2,16,19). The van der Waals surface area contributed by atoms with Crippen LogP contribution in [0.3, 0.4) is 0 Å². The molecule has 0 radical (unpaired) electrons. The number of aromatic nitrogens is 4. The summed E-state index contributed by atoms with van der Waals surface area (Å²) < 4.78 is 7.66. The van der Waals surface area contributed by atoms with E-state index >= 15 is 0 Å². The number of nitrogens with two attached hydrogens (primary N) is 1. The van der Waals surface area contributed by atoms with E-state index in [-0.39, 0.29) is 0 Å². The van der Waals surface area contributed by atoms with Crippen LogP contribution in [0.2, 0.25) is 0 Å². The van der Waals surface area contributed by atoms with Gasteiger partial charge in [-0.2, -0.15) is 0 Å². The highest BCUT2D eigenvalue weighted by atomic mass is 16.5. The third-order valence-electron chi connectivity index (χ3n) is 3.20. The molecular formula is C15H17N5O. The van der Waals surface area contributed by atoms with Crippen LogP contribution < -0.4 is 10.5 Å². The van der Waals surface area contributed by atoms with Crippen LogP contribution in [0.4, 0.5) is 5.95 Å². The molecule has 6 heteroatoms. The van der Waals surface area contributed by atoms with Crippen LogP contribution in [0.1, 0.15) is 19.0 Å². The minimum atomic E-state index is 0.455. The number of imidazole rings is 1. The minimum Gasteiger partial charge on any atom is -0.491 e. The van der Waals surface area contributed by atoms with Crippen molar-refractivity contribution in [3.63, 3.8) is 0 Å². The summed E-state index contributed by atoms with van der Waals surface area (Å²) >= 11 is 0. The van der Waals surface area contributed by atoms with E-state index in [0.717, 1.165) is 28.9 Å². The number of hydrogen-bond donors (Lipinski definition) is 1. The average Bonchev–Trinajstić information content (AvgIpc) is 2.83. The third-order valence-corrected chi connectivity index (χ3v) is 3.20. The predicted octanol–water partition coefficient (Wildman–Crippen LogP) is 2.25. The second-order valence-electron chi connectivity index (χ2n) is 4.73. The van der Waals surface area contributed by atoms with Gasteiger partial charge in [0.1, 0.15) is 17.6 Å². The topological polar surface area (TPSA) is 78.9 Å². The molecule has 3 aromatic rings. The molecule has 1 aromatic carbocycles. The van der Waals surface area contributed by atoms with Crippen LogP contribution in [0, 0.1) is 0 Å². The molecular weight excluding hydrogens is 266 g/mol. The van der Waals surface area contributed by atoms with Gasteiger partial charge in [0.25, 0.3) is 0 Å². The Morgan fingerprint density at radius 2 is 2.19 bits per heavy atom. The molecule has 0 atom stereocenters. The summed E-state index contributed by atoms with van der Waals surface area (Å²) in [6.45, 7) is 3.29. The Bertz CT molecular complexity index is 738. The SMILES string of the molecule is CCCOc1cccc2c1nc(N)n2Cc1ccncn1. The molecule has 108 valence electrons. The van der Waals surface area contributed by atoms with Gasteiger partial charge in [-0.25, -0.2) is 15.0 Å². The summed E-state index contributed by atoms with van der Waals surface area (Å²) in [6, 6.07) is 7.71. The lowest BCUT2D eigenvalue weighted by Gasteiger charge is -2.07. The normalized spacial score (nSPS) is 10.9. The van der Waals surface area contributed by atoms with Gasteiger partial charge in [-0.3, -0.25) is 0 Å². The van der Waals surface area contributed by atoms with Crippen molar-refractivity contribution in [3.05, 3.63) is 42.5 Å². The highest BCUT2D eigenvalue weighted by Crippen LogP contribution is 2.27. The van der Waals surface area contributed by atoms with E-state index in [1.54, 1.807) is 6.20 Å². The van der Waals surface area contributed by atoms with Crippen molar-refractivity contribution in [2.75, 3.05) is 12.3 Å². The molecule has 0 unspecified atom stereocenters. The number of anilines is 1. The second kappa shape index (κ2) is 5.78. The van der Waals surface area contributed by atoms with E-state index in [2.05, 4.69) is 21.9 Å². The zero-order chi connectivity index (χ0) is 14.7. The monoisotopic (exact) mass is 283 g/mol. The van der Waals surface area contributed by atoms with E-state index in [4.69, 9.17) is 10.5 Å². The maximum Gasteiger partial charge on any atom is 0.201 e. The number of para-hydroxylation sites is 1. The maximum absolute atomic E-state index is 6.05. The van der Waals surface area contributed by atoms with Crippen LogP contribution in [0.5, 0.6) is 5.75 Å². The van der Waals surface area contributed by atoms with Crippen molar-refractivity contribution in [2.24, 2.45) is 0 Å². The number of rotatable bonds is 5. The van der Waals surface area contributed by atoms with Crippen LogP contribution >= 0.6 is 0 Å². The smallest absolute Gasteiger partial charge is 0.201 e. The van der Waals surface area contributed by atoms with Crippen LogP contribution in [0.15, 0.2) is 36.8 Å². The summed E-state index contributed by atoms with van der Waals surface area (Å²) in [6.07, 6.45) is 4.20. The Labute approximate surface area is 122 Å². The first-order chi connectivity index (χ1) is 10.3. The lowest BCUT2D eigenvalue weighted by Crippen LogP contribution is -2.05. The van der Waals surface area contributed by atoms with Gasteiger partial charge in [0.05, 0.1) is 24.4 Å². The van der Waals surface area contributed by atoms with Gasteiger partial charge in [0.15, 0.2) is 0 Å². The van der Waals surface area contributed by atoms with Crippen molar-refractivity contribution < 1.29 is 4.74 Å². The summed E-state index contributed by atoms with van der Waals surface area (Å²) in [5, 5.41) is 0. The molecule has 0 fully saturated rings. The van der Waals surface area contributed by atoms with Gasteiger partial charge in [0, 0.05) is 6.20 Å². The van der Waals surface area contributed by atoms with E-state index in [1.807, 2.05) is 28.8 Å². The van der Waals surface area contributed by atoms with Crippen LogP contribution in [-0.4, -0.2) is 26.1 Å². The molecule has 0 aliphatic heterocycles. The number of fused-ring (bicyclic) bond motifs is 1. The average molecular weight is 283 g/mol. The van der Waals surface area contributed by atoms with Crippen molar-refractivity contribution >= 4 is 17.0 Å². The van der Waals surface area contributed by atoms with E-state index < -0.39 is 0 Å². The molecule has 0 spiro atoms. The quantitative estimate of drug-likeness (QED) is 0.777. The van der Waals surface area contributed by atoms with Gasteiger partial charge < -0.3 is 15.0 Å². The van der Waals surface area contributed by atoms with Gasteiger partial charge in [0.2, 0.25) is 5.95 Å². The summed E-state index contributed by atoms with van der Waals surface area (Å²) in [5.74, 6) is 1.22. The highest BCUT2D eigenvalue weighted by molar-refractivity contribution is 5.84. The molecule has 0 saturated heterocycles. The molecule has 0 amide bonds. The maximum atomic E-state index is 6.05. The fourth-order valence-corrected chi connectivity index (χ4v) is 2.21. The summed E-state index contributed by atoms with van der Waals surface area (Å²) in [4.78, 5) is 12.6. The summed E-state index contributed by atoms with van der Waals surface area (Å²) in [7, 11) is 0. The number of benzene rings is 1. The second-order valence-corrected chi connectivity index (χ2v) is 4.73. The molecule has 2 N–H and O–H groups in total. The molecule has 6 nitrogen and oxygen atoms in total. The minimum absolute atomic E-state index is 0.455. The van der Waals surface area contributed by atoms with Crippen molar-refractivity contribution in [1.82, 2.24) is 19.5 Å². The van der Waals surface area contributed by atoms with Crippen LogP contribution in [-0.2, 0) is 6.54 Å². The largest absolute Gasteiger partial charge is 0.491 e. The fourth-order valence-electron chi connectivity index (χ4n) is 2.21. The first kappa shape index (κ1) is 13.4. The molecule has 0 saturated carbocycles. The Morgan fingerprint density at radius 3 is 2.95 bits per heavy atom. The Balaban J connectivity index is 2.01. The Morgan fingerprint density at radius 1 is 1.29 bits per heavy atom. The van der Waals surface area contributed by atoms with Gasteiger partial charge in [-0.15, -0.1) is 0 Å². The van der Waals surface area contributed by atoms with Crippen LogP contribution in [0.25, 0.3) is 11.0 Å². The zero-order valence-electron chi connectivity index (χ0n) is 11.9. The number of nitrogens with zero attached hydrogens (tertiary/aromatic N) is 4. The first-order valence-electron chi connectivity index (χ1n) is 6.92. The lowest BCUT2D eigenvalue weighted by molar-refractivity contribution is 0.320. The lowest BCUT2D eigenvalue weighted by atomic mass is 10.3. The molecule has 3 rings (SSSR count). The van der Waals surface area contributed by atoms with Crippen molar-refractivity contribution in [1.29, 1.82) is 0 Å². The molecule has 0 bridgehead atoms. The van der Waals surface area contributed by atoms with Crippen molar-refractivity contribution in [2.45, 2.75) is 19.9 Å². The number of nitrogen functional groups attached to an aromatic ring is 1. The number of hydrogen-bond acceptors (Lipinski definition) is 5. The zero-order valence-corrected chi connectivity index (χ0v) is 11.9. The van der Waals surface area contributed by atoms with E-state index in [9.17, 15) is 0 Å². The van der Waals surface area contributed by atoms with Gasteiger partial charge in [-0.05, 0) is 24.6 Å². The Kier molecular flexibility index (Phi) is 3.68. The predicted molar refractivity (Wildman–Crippen MR) is 81.1 cm³/mol. The molecule has 2 aromatic heterocycles. The number of ether oxygens (including phenoxy) is 1. The molecule has 21 heavy (non-hydrogen) atoms. The third kappa shape index (κ3) is 2.65. The molecule has 2 heterocycles. The fraction of sp³-hybridized carbons (Fsp3) is 0.267. The first-order valence-corrected chi connectivity index (χ1v) is 6.92. The van der Waals surface area contributed by atoms with Crippen molar-refractivity contribution in [3.8, 4) is 5.75 Å². The molecule has 0 aliphatic carbocycles. The summed E-state index contributed by atoms with van der Waals surface area (Å²) in [5.41, 5.74) is 8.67. The highest BCUT2D eigenvalue weighted by Gasteiger charge is 2.13. The van der Waals surface area contributed by atoms with E-state index in [1.165, 1.54) is 6.33 Å². The van der Waals surface area contributed by atoms with Gasteiger partial charge in [-0.1, -0.05) is 13.0 Å². The van der Waals surface area contributed by atoms with Gasteiger partial charge >= 0.3 is 0 Å². The Hall–Kier alpha value is -2.63. The molecule has 0 aliphatic rings. The van der Waals surface area contributed by atoms with E-state index in [0.29, 0.717) is 19.1 Å².